The van der Waals surface area contributed by atoms with E-state index >= 15 is 0 Å². The quantitative estimate of drug-likeness (QED) is 0.600. The minimum absolute atomic E-state index is 0. The first-order valence-electron chi connectivity index (χ1n) is 3.95. The molecule has 0 bridgehead atoms. The van der Waals surface area contributed by atoms with Crippen LogP contribution in [0, 0.1) is 0 Å². The van der Waals surface area contributed by atoms with Gasteiger partial charge in [0.05, 0.1) is 5.52 Å². The van der Waals surface area contributed by atoms with Crippen molar-refractivity contribution >= 4 is 21.9 Å². The van der Waals surface area contributed by atoms with Crippen molar-refractivity contribution in [3.63, 3.8) is 0 Å². The van der Waals surface area contributed by atoms with Crippen LogP contribution < -0.4 is 5.10 Å². The number of pyridine rings is 1. The molecule has 3 aromatic rings. The zero-order valence-electron chi connectivity index (χ0n) is 6.99. The van der Waals surface area contributed by atoms with Crippen LogP contribution in [0.2, 0.25) is 0 Å². The molecule has 4 nitrogen and oxygen atoms in total. The van der Waals surface area contributed by atoms with Crippen molar-refractivity contribution in [2.24, 2.45) is 0 Å². The standard InChI is InChI=1S/C9H5N4.Pt/c1-2-6-3-4-7-9(12-13-11-7)8(6)10-5-1;/h1-5H;/q-1;. The molecular weight excluding hydrogens is 359 g/mol. The van der Waals surface area contributed by atoms with Crippen LogP contribution in [0.1, 0.15) is 0 Å². The molecule has 0 unspecified atom stereocenters. The summed E-state index contributed by atoms with van der Waals surface area (Å²) in [4.78, 5) is 4.24. The maximum absolute atomic E-state index is 4.24. The fraction of sp³-hybridized carbons (Fsp3) is 0. The van der Waals surface area contributed by atoms with Gasteiger partial charge in [-0.2, -0.15) is 0 Å². The second-order valence-electron chi connectivity index (χ2n) is 2.80. The molecule has 14 heavy (non-hydrogen) atoms. The van der Waals surface area contributed by atoms with Crippen molar-refractivity contribution in [2.75, 3.05) is 0 Å². The Balaban J connectivity index is 0.000000750. The fourth-order valence-corrected chi connectivity index (χ4v) is 1.41. The van der Waals surface area contributed by atoms with Gasteiger partial charge in [-0.1, -0.05) is 18.2 Å². The van der Waals surface area contributed by atoms with Gasteiger partial charge in [-0.05, 0) is 11.6 Å². The molecule has 0 saturated carbocycles. The van der Waals surface area contributed by atoms with Crippen LogP contribution in [0.4, 0.5) is 0 Å². The average Bonchev–Trinajstić information content (AvgIpc) is 2.65. The van der Waals surface area contributed by atoms with Gasteiger partial charge in [0.25, 0.3) is 0 Å². The summed E-state index contributed by atoms with van der Waals surface area (Å²) in [6, 6.07) is 7.77. The summed E-state index contributed by atoms with van der Waals surface area (Å²) in [5.41, 5.74) is 2.44. The SMILES string of the molecule is [Pt].c1cnc2c(c1)ccc1nn[n-]c12. The molecule has 2 aromatic heterocycles. The predicted molar refractivity (Wildman–Crippen MR) is 48.2 cm³/mol. The Morgan fingerprint density at radius 3 is 3.00 bits per heavy atom. The monoisotopic (exact) mass is 364 g/mol. The largest absolute Gasteiger partial charge is 0.350 e. The molecule has 0 spiro atoms. The van der Waals surface area contributed by atoms with E-state index in [0.717, 1.165) is 21.9 Å². The number of benzene rings is 1. The number of hydrogen-bond donors (Lipinski definition) is 0. The van der Waals surface area contributed by atoms with E-state index < -0.39 is 0 Å². The van der Waals surface area contributed by atoms with Crippen LogP contribution in [0.3, 0.4) is 0 Å². The van der Waals surface area contributed by atoms with Gasteiger partial charge in [0.15, 0.2) is 0 Å². The normalized spacial score (nSPS) is 10.3. The van der Waals surface area contributed by atoms with E-state index in [9.17, 15) is 0 Å². The molecule has 0 fully saturated rings. The minimum atomic E-state index is 0. The Hall–Kier alpha value is -1.28. The maximum Gasteiger partial charge on any atom is 0.0749 e. The number of hydrogen-bond acceptors (Lipinski definition) is 3. The van der Waals surface area contributed by atoms with Crippen molar-refractivity contribution in [2.45, 2.75) is 0 Å². The molecule has 0 aliphatic carbocycles. The molecule has 5 heteroatoms. The molecule has 1 aromatic carbocycles. The Morgan fingerprint density at radius 2 is 2.07 bits per heavy atom. The molecule has 0 amide bonds. The van der Waals surface area contributed by atoms with Gasteiger partial charge in [0.2, 0.25) is 0 Å². The maximum atomic E-state index is 4.24. The molecule has 2 heterocycles. The molecule has 72 valence electrons. The average molecular weight is 364 g/mol. The van der Waals surface area contributed by atoms with Crippen molar-refractivity contribution in [3.8, 4) is 0 Å². The molecule has 0 saturated heterocycles. The first-order valence-corrected chi connectivity index (χ1v) is 3.95. The van der Waals surface area contributed by atoms with Crippen molar-refractivity contribution in [1.82, 2.24) is 20.4 Å². The van der Waals surface area contributed by atoms with Crippen LogP contribution >= 0.6 is 0 Å². The first kappa shape index (κ1) is 9.28. The van der Waals surface area contributed by atoms with Crippen molar-refractivity contribution < 1.29 is 21.1 Å². The van der Waals surface area contributed by atoms with Gasteiger partial charge in [-0.3, -0.25) is 10.2 Å². The molecule has 0 aliphatic heterocycles. The van der Waals surface area contributed by atoms with Gasteiger partial charge in [-0.25, -0.2) is 0 Å². The Bertz CT molecular complexity index is 575. The van der Waals surface area contributed by atoms with Gasteiger partial charge in [0.1, 0.15) is 0 Å². The smallest absolute Gasteiger partial charge is 0.0749 e. The van der Waals surface area contributed by atoms with Crippen LogP contribution in [0.25, 0.3) is 21.9 Å². The third kappa shape index (κ3) is 1.23. The van der Waals surface area contributed by atoms with Crippen LogP contribution in [-0.4, -0.2) is 15.3 Å². The molecule has 0 atom stereocenters. The Morgan fingerprint density at radius 1 is 1.14 bits per heavy atom. The summed E-state index contributed by atoms with van der Waals surface area (Å²) in [5.74, 6) is 0. The Labute approximate surface area is 94.0 Å². The van der Waals surface area contributed by atoms with E-state index in [1.54, 1.807) is 6.20 Å². The minimum Gasteiger partial charge on any atom is -0.350 e. The van der Waals surface area contributed by atoms with E-state index in [4.69, 9.17) is 0 Å². The fourth-order valence-electron chi connectivity index (χ4n) is 1.41. The zero-order valence-corrected chi connectivity index (χ0v) is 9.26. The second-order valence-corrected chi connectivity index (χ2v) is 2.80. The topological polar surface area (TPSA) is 52.8 Å². The molecule has 0 N–H and O–H groups in total. The Kier molecular flexibility index (Phi) is 2.30. The van der Waals surface area contributed by atoms with Crippen molar-refractivity contribution in [1.29, 1.82) is 0 Å². The molecule has 3 rings (SSSR count). The van der Waals surface area contributed by atoms with Gasteiger partial charge >= 0.3 is 0 Å². The van der Waals surface area contributed by atoms with E-state index in [0.29, 0.717) is 0 Å². The van der Waals surface area contributed by atoms with Gasteiger partial charge in [0, 0.05) is 38.2 Å². The van der Waals surface area contributed by atoms with E-state index in [1.165, 1.54) is 0 Å². The number of nitrogens with zero attached hydrogens (tertiary/aromatic N) is 4. The van der Waals surface area contributed by atoms with Gasteiger partial charge < -0.3 is 10.2 Å². The number of rotatable bonds is 0. The summed E-state index contributed by atoms with van der Waals surface area (Å²) in [7, 11) is 0. The summed E-state index contributed by atoms with van der Waals surface area (Å²) < 4.78 is 0. The predicted octanol–water partition coefficient (Wildman–Crippen LogP) is 1.13. The summed E-state index contributed by atoms with van der Waals surface area (Å²) in [5, 5.41) is 12.5. The van der Waals surface area contributed by atoms with E-state index in [2.05, 4.69) is 20.4 Å². The molecular formula is C9H5N4Pt-. The summed E-state index contributed by atoms with van der Waals surface area (Å²) in [6.07, 6.45) is 1.75. The van der Waals surface area contributed by atoms with Crippen LogP contribution in [0.5, 0.6) is 0 Å². The molecule has 0 aliphatic rings. The van der Waals surface area contributed by atoms with Crippen LogP contribution in [-0.2, 0) is 21.1 Å². The first-order chi connectivity index (χ1) is 6.45. The molecule has 0 radical (unpaired) electrons. The van der Waals surface area contributed by atoms with Gasteiger partial charge in [-0.15, -0.1) is 0 Å². The third-order valence-corrected chi connectivity index (χ3v) is 2.02. The summed E-state index contributed by atoms with van der Waals surface area (Å²) >= 11 is 0. The van der Waals surface area contributed by atoms with E-state index in [-0.39, 0.29) is 21.1 Å². The second kappa shape index (κ2) is 3.46. The summed E-state index contributed by atoms with van der Waals surface area (Å²) in [6.45, 7) is 0. The van der Waals surface area contributed by atoms with E-state index in [1.807, 2.05) is 24.3 Å². The van der Waals surface area contributed by atoms with Crippen molar-refractivity contribution in [3.05, 3.63) is 30.5 Å². The van der Waals surface area contributed by atoms with Crippen LogP contribution in [0.15, 0.2) is 30.5 Å². The zero-order chi connectivity index (χ0) is 8.67. The third-order valence-electron chi connectivity index (χ3n) is 2.02. The number of fused-ring (bicyclic) bond motifs is 3. The number of aromatic nitrogens is 4.